The van der Waals surface area contributed by atoms with Crippen LogP contribution in [0.15, 0.2) is 36.4 Å². The Bertz CT molecular complexity index is 626. The molecule has 1 aromatic heterocycles. The minimum absolute atomic E-state index is 0.131. The number of aromatic carboxylic acids is 1. The molecule has 2 aromatic rings. The zero-order valence-corrected chi connectivity index (χ0v) is 11.4. The topological polar surface area (TPSA) is 71.5 Å². The minimum Gasteiger partial charge on any atom is -0.481 e. The Hall–Kier alpha value is -2.56. The molecule has 0 unspecified atom stereocenters. The lowest BCUT2D eigenvalue weighted by atomic mass is 10.1. The molecular formula is C15H16N2O3. The second kappa shape index (κ2) is 6.06. The Labute approximate surface area is 117 Å². The number of nitrogens with zero attached hydrogens (tertiary/aromatic N) is 1. The van der Waals surface area contributed by atoms with Crippen molar-refractivity contribution in [2.75, 3.05) is 12.4 Å². The summed E-state index contributed by atoms with van der Waals surface area (Å²) < 4.78 is 5.01. The van der Waals surface area contributed by atoms with Crippen molar-refractivity contribution in [3.05, 3.63) is 47.5 Å². The van der Waals surface area contributed by atoms with Gasteiger partial charge in [0.25, 0.3) is 0 Å². The molecule has 0 spiro atoms. The molecule has 5 nitrogen and oxygen atoms in total. The first-order valence-electron chi connectivity index (χ1n) is 6.27. The van der Waals surface area contributed by atoms with E-state index in [4.69, 9.17) is 9.84 Å². The van der Waals surface area contributed by atoms with Crippen LogP contribution in [0.5, 0.6) is 5.88 Å². The lowest BCUT2D eigenvalue weighted by Gasteiger charge is -2.09. The number of anilines is 2. The fourth-order valence-corrected chi connectivity index (χ4v) is 1.81. The molecule has 0 bridgehead atoms. The number of methoxy groups -OCH3 is 1. The predicted octanol–water partition coefficient (Wildman–Crippen LogP) is 3.09. The highest BCUT2D eigenvalue weighted by atomic mass is 16.5. The zero-order valence-electron chi connectivity index (χ0n) is 11.4. The van der Waals surface area contributed by atoms with Crippen LogP contribution >= 0.6 is 0 Å². The maximum Gasteiger partial charge on any atom is 0.336 e. The average molecular weight is 272 g/mol. The van der Waals surface area contributed by atoms with E-state index in [2.05, 4.69) is 17.2 Å². The highest BCUT2D eigenvalue weighted by Gasteiger charge is 2.09. The van der Waals surface area contributed by atoms with Gasteiger partial charge in [0.15, 0.2) is 0 Å². The molecule has 1 aromatic carbocycles. The lowest BCUT2D eigenvalue weighted by molar-refractivity contribution is 0.0696. The van der Waals surface area contributed by atoms with E-state index in [1.807, 2.05) is 24.3 Å². The number of hydrogen-bond donors (Lipinski definition) is 2. The molecule has 0 amide bonds. The molecule has 0 aliphatic carbocycles. The van der Waals surface area contributed by atoms with Crippen LogP contribution in [0.4, 0.5) is 11.5 Å². The number of carbonyl (C=O) groups is 1. The first kappa shape index (κ1) is 13.9. The van der Waals surface area contributed by atoms with Crippen molar-refractivity contribution in [1.29, 1.82) is 0 Å². The molecule has 1 heterocycles. The van der Waals surface area contributed by atoms with Gasteiger partial charge in [-0.1, -0.05) is 19.1 Å². The molecule has 2 rings (SSSR count). The normalized spacial score (nSPS) is 10.1. The van der Waals surface area contributed by atoms with E-state index in [1.165, 1.54) is 24.8 Å². The minimum atomic E-state index is -1.02. The van der Waals surface area contributed by atoms with Gasteiger partial charge in [-0.25, -0.2) is 4.79 Å². The largest absolute Gasteiger partial charge is 0.481 e. The molecule has 104 valence electrons. The number of nitrogens with one attached hydrogen (secondary N) is 1. The van der Waals surface area contributed by atoms with Crippen LogP contribution in [-0.2, 0) is 6.42 Å². The first-order chi connectivity index (χ1) is 9.62. The molecule has 5 heteroatoms. The maximum absolute atomic E-state index is 11.1. The first-order valence-corrected chi connectivity index (χ1v) is 6.27. The van der Waals surface area contributed by atoms with Crippen LogP contribution in [0.2, 0.25) is 0 Å². The van der Waals surface area contributed by atoms with E-state index >= 15 is 0 Å². The third kappa shape index (κ3) is 3.26. The number of pyridine rings is 1. The number of hydrogen-bond acceptors (Lipinski definition) is 4. The summed E-state index contributed by atoms with van der Waals surface area (Å²) in [6, 6.07) is 10.7. The van der Waals surface area contributed by atoms with Crippen molar-refractivity contribution in [2.45, 2.75) is 13.3 Å². The smallest absolute Gasteiger partial charge is 0.336 e. The lowest BCUT2D eigenvalue weighted by Crippen LogP contribution is -2.02. The Morgan fingerprint density at radius 2 is 2.15 bits per heavy atom. The van der Waals surface area contributed by atoms with Gasteiger partial charge >= 0.3 is 5.97 Å². The fraction of sp³-hybridized carbons (Fsp3) is 0.200. The quantitative estimate of drug-likeness (QED) is 0.875. The van der Waals surface area contributed by atoms with Crippen LogP contribution in [-0.4, -0.2) is 23.2 Å². The van der Waals surface area contributed by atoms with Crippen LogP contribution in [0.1, 0.15) is 22.8 Å². The van der Waals surface area contributed by atoms with Crippen molar-refractivity contribution in [3.8, 4) is 5.88 Å². The van der Waals surface area contributed by atoms with Gasteiger partial charge < -0.3 is 15.2 Å². The molecular weight excluding hydrogens is 256 g/mol. The number of ether oxygens (including phenoxy) is 1. The summed E-state index contributed by atoms with van der Waals surface area (Å²) in [5.74, 6) is -0.315. The monoisotopic (exact) mass is 272 g/mol. The Balaban J connectivity index is 2.32. The van der Waals surface area contributed by atoms with E-state index in [0.29, 0.717) is 5.82 Å². The van der Waals surface area contributed by atoms with Crippen LogP contribution in [0.25, 0.3) is 0 Å². The molecule has 0 aliphatic rings. The zero-order chi connectivity index (χ0) is 14.5. The van der Waals surface area contributed by atoms with Crippen molar-refractivity contribution < 1.29 is 14.6 Å². The Morgan fingerprint density at radius 3 is 2.80 bits per heavy atom. The molecule has 0 saturated heterocycles. The molecule has 20 heavy (non-hydrogen) atoms. The summed E-state index contributed by atoms with van der Waals surface area (Å²) in [6.45, 7) is 2.07. The molecule has 0 saturated carbocycles. The van der Waals surface area contributed by atoms with Gasteiger partial charge in [-0.05, 0) is 30.2 Å². The molecule has 0 fully saturated rings. The van der Waals surface area contributed by atoms with Gasteiger partial charge in [-0.2, -0.15) is 4.98 Å². The molecule has 0 atom stereocenters. The third-order valence-electron chi connectivity index (χ3n) is 2.87. The fourth-order valence-electron chi connectivity index (χ4n) is 1.81. The summed E-state index contributed by atoms with van der Waals surface area (Å²) in [6.07, 6.45) is 0.932. The van der Waals surface area contributed by atoms with Gasteiger partial charge in [0.2, 0.25) is 5.88 Å². The average Bonchev–Trinajstić information content (AvgIpc) is 2.47. The number of aryl methyl sites for hydroxylation is 1. The standard InChI is InChI=1S/C15H16N2O3/c1-3-10-5-4-6-12(7-10)16-13-8-11(15(18)19)9-14(17-13)20-2/h4-9H,3H2,1-2H3,(H,16,17)(H,18,19). The van der Waals surface area contributed by atoms with E-state index in [9.17, 15) is 4.79 Å². The maximum atomic E-state index is 11.1. The summed E-state index contributed by atoms with van der Waals surface area (Å²) in [4.78, 5) is 15.3. The number of carboxylic acids is 1. The SMILES string of the molecule is CCc1cccc(Nc2cc(C(=O)O)cc(OC)n2)c1. The van der Waals surface area contributed by atoms with Gasteiger partial charge in [0.1, 0.15) is 5.82 Å². The Morgan fingerprint density at radius 1 is 1.35 bits per heavy atom. The second-order valence-electron chi connectivity index (χ2n) is 4.27. The highest BCUT2D eigenvalue weighted by molar-refractivity contribution is 5.89. The Kier molecular flexibility index (Phi) is 4.20. The number of carboxylic acid groups (broad SMARTS) is 1. The summed E-state index contributed by atoms with van der Waals surface area (Å²) in [7, 11) is 1.45. The van der Waals surface area contributed by atoms with E-state index in [1.54, 1.807) is 0 Å². The van der Waals surface area contributed by atoms with Gasteiger partial charge in [0.05, 0.1) is 12.7 Å². The third-order valence-corrected chi connectivity index (χ3v) is 2.87. The van der Waals surface area contributed by atoms with Crippen LogP contribution in [0, 0.1) is 0 Å². The summed E-state index contributed by atoms with van der Waals surface area (Å²) in [5.41, 5.74) is 2.18. The summed E-state index contributed by atoms with van der Waals surface area (Å²) >= 11 is 0. The van der Waals surface area contributed by atoms with E-state index in [0.717, 1.165) is 12.1 Å². The molecule has 0 aliphatic heterocycles. The van der Waals surface area contributed by atoms with Crippen molar-refractivity contribution in [2.24, 2.45) is 0 Å². The van der Waals surface area contributed by atoms with Crippen LogP contribution in [0.3, 0.4) is 0 Å². The highest BCUT2D eigenvalue weighted by Crippen LogP contribution is 2.21. The van der Waals surface area contributed by atoms with E-state index in [-0.39, 0.29) is 11.4 Å². The molecule has 0 radical (unpaired) electrons. The number of aromatic nitrogens is 1. The van der Waals surface area contributed by atoms with Gasteiger partial charge in [0, 0.05) is 11.8 Å². The van der Waals surface area contributed by atoms with Crippen molar-refractivity contribution in [3.63, 3.8) is 0 Å². The molecule has 2 N–H and O–H groups in total. The van der Waals surface area contributed by atoms with Gasteiger partial charge in [-0.15, -0.1) is 0 Å². The van der Waals surface area contributed by atoms with Gasteiger partial charge in [-0.3, -0.25) is 0 Å². The predicted molar refractivity (Wildman–Crippen MR) is 76.9 cm³/mol. The second-order valence-corrected chi connectivity index (χ2v) is 4.27. The summed E-state index contributed by atoms with van der Waals surface area (Å²) in [5, 5.41) is 12.2. The van der Waals surface area contributed by atoms with Crippen molar-refractivity contribution in [1.82, 2.24) is 4.98 Å². The number of rotatable bonds is 5. The van der Waals surface area contributed by atoms with Crippen LogP contribution < -0.4 is 10.1 Å². The number of benzene rings is 1. The van der Waals surface area contributed by atoms with Crippen molar-refractivity contribution >= 4 is 17.5 Å². The van der Waals surface area contributed by atoms with E-state index < -0.39 is 5.97 Å².